The van der Waals surface area contributed by atoms with Gasteiger partial charge in [-0.2, -0.15) is 10.4 Å². The number of hydrogen-bond acceptors (Lipinski definition) is 14. The van der Waals surface area contributed by atoms with Crippen molar-refractivity contribution in [3.8, 4) is 40.6 Å². The molecule has 2 aromatic carbocycles. The van der Waals surface area contributed by atoms with E-state index < -0.39 is 5.97 Å². The van der Waals surface area contributed by atoms with E-state index in [1.807, 2.05) is 0 Å². The van der Waals surface area contributed by atoms with Gasteiger partial charge in [-0.15, -0.1) is 0 Å². The van der Waals surface area contributed by atoms with Crippen LogP contribution in [-0.2, 0) is 14.3 Å². The molecule has 236 valence electrons. The second kappa shape index (κ2) is 20.8. The van der Waals surface area contributed by atoms with E-state index in [0.717, 1.165) is 5.56 Å². The van der Waals surface area contributed by atoms with Gasteiger partial charge in [0, 0.05) is 18.1 Å². The molecule has 0 radical (unpaired) electrons. The number of hydrazone groups is 1. The number of methoxy groups -OCH3 is 6. The number of nitrogens with one attached hydrogen (secondary N) is 1. The summed E-state index contributed by atoms with van der Waals surface area (Å²) in [5.41, 5.74) is 4.13. The maximum absolute atomic E-state index is 12.0. The molecule has 1 amide bonds. The van der Waals surface area contributed by atoms with Crippen molar-refractivity contribution >= 4 is 23.4 Å². The van der Waals surface area contributed by atoms with Gasteiger partial charge < -0.3 is 33.2 Å². The number of ether oxygens (including phenoxy) is 7. The zero-order valence-corrected chi connectivity index (χ0v) is 25.6. The molecule has 0 fully saturated rings. The summed E-state index contributed by atoms with van der Waals surface area (Å²) in [4.78, 5) is 34.5. The van der Waals surface area contributed by atoms with E-state index in [4.69, 9.17) is 38.4 Å². The van der Waals surface area contributed by atoms with Gasteiger partial charge >= 0.3 is 5.97 Å². The van der Waals surface area contributed by atoms with Crippen LogP contribution in [0.2, 0.25) is 0 Å². The summed E-state index contributed by atoms with van der Waals surface area (Å²) < 4.78 is 35.9. The summed E-state index contributed by atoms with van der Waals surface area (Å²) in [6.45, 7) is 3.35. The minimum Gasteiger partial charge on any atom is -0.493 e. The Balaban J connectivity index is 0.000000716. The number of amides is 1. The first kappa shape index (κ1) is 37.9. The third kappa shape index (κ3) is 11.4. The Bertz CT molecular complexity index is 1240. The highest BCUT2D eigenvalue weighted by Gasteiger charge is 2.21. The highest BCUT2D eigenvalue weighted by Crippen LogP contribution is 2.39. The number of carbonyl (C=O) groups is 3. The Kier molecular flexibility index (Phi) is 18.3. The van der Waals surface area contributed by atoms with Crippen LogP contribution in [0.4, 0.5) is 0 Å². The van der Waals surface area contributed by atoms with E-state index >= 15 is 0 Å². The number of nitrogens with zero attached hydrogens (tertiary/aromatic N) is 2. The van der Waals surface area contributed by atoms with Crippen molar-refractivity contribution < 1.29 is 47.5 Å². The van der Waals surface area contributed by atoms with E-state index in [9.17, 15) is 14.4 Å². The van der Waals surface area contributed by atoms with Crippen LogP contribution < -0.4 is 45.5 Å². The van der Waals surface area contributed by atoms with Gasteiger partial charge in [0.1, 0.15) is 6.42 Å². The Morgan fingerprint density at radius 1 is 0.860 bits per heavy atom. The molecule has 0 aliphatic carbocycles. The molecule has 0 aromatic heterocycles. The van der Waals surface area contributed by atoms with Crippen LogP contribution in [0.1, 0.15) is 42.6 Å². The predicted octanol–water partition coefficient (Wildman–Crippen LogP) is 2.13. The lowest BCUT2D eigenvalue weighted by molar-refractivity contribution is -0.142. The standard InChI is InChI=1S/C14H18O6.C12H14N2O4.C2H3N.H4N2/c1-5-20-13(16)8-10(15)9-6-11(17-2)14(19-4)12(7-9)18-3;1-16-9-4-7(8-6-11(15)14-13-8)5-10(17-2)12(9)18-3;1-2-3;1-2/h6-7H,5,8H2,1-4H3;4-5H,6H2,1-3H3,(H,14,15);1H3;1-2H2. The van der Waals surface area contributed by atoms with Crippen molar-refractivity contribution in [3.05, 3.63) is 35.4 Å². The normalized spacial score (nSPS) is 10.7. The zero-order chi connectivity index (χ0) is 32.9. The van der Waals surface area contributed by atoms with Crippen molar-refractivity contribution in [2.24, 2.45) is 16.8 Å². The molecule has 1 aliphatic heterocycles. The summed E-state index contributed by atoms with van der Waals surface area (Å²) in [5.74, 6) is 9.64. The quantitative estimate of drug-likeness (QED) is 0.110. The molecular formula is C28H39N5O10. The summed E-state index contributed by atoms with van der Waals surface area (Å²) in [5, 5.41) is 11.3. The van der Waals surface area contributed by atoms with Crippen LogP contribution >= 0.6 is 0 Å². The number of carbonyl (C=O) groups excluding carboxylic acids is 3. The number of hydrazine groups is 1. The molecule has 15 nitrogen and oxygen atoms in total. The van der Waals surface area contributed by atoms with Gasteiger partial charge in [-0.25, -0.2) is 5.43 Å². The second-order valence-electron chi connectivity index (χ2n) is 7.73. The van der Waals surface area contributed by atoms with Crippen molar-refractivity contribution in [1.82, 2.24) is 5.43 Å². The number of Topliss-reactive ketones (excluding diaryl/α,β-unsaturated/α-hetero) is 1. The SMILES string of the molecule is CC#N.CCOC(=O)CC(=O)c1cc(OC)c(OC)c(OC)c1.COc1cc(C2=NNC(=O)C2)cc(OC)c1OC.NN. The second-order valence-corrected chi connectivity index (χ2v) is 7.73. The van der Waals surface area contributed by atoms with Gasteiger partial charge in [-0.05, 0) is 31.2 Å². The minimum atomic E-state index is -0.564. The number of benzene rings is 2. The Labute approximate surface area is 250 Å². The molecule has 0 spiro atoms. The van der Waals surface area contributed by atoms with Gasteiger partial charge in [0.15, 0.2) is 28.8 Å². The third-order valence-corrected chi connectivity index (χ3v) is 5.24. The summed E-state index contributed by atoms with van der Waals surface area (Å²) in [7, 11) is 9.01. The van der Waals surface area contributed by atoms with E-state index in [0.29, 0.717) is 45.8 Å². The van der Waals surface area contributed by atoms with Crippen LogP contribution in [0.15, 0.2) is 29.4 Å². The predicted molar refractivity (Wildman–Crippen MR) is 157 cm³/mol. The van der Waals surface area contributed by atoms with Gasteiger partial charge in [-0.3, -0.25) is 26.1 Å². The Hall–Kier alpha value is -5.07. The number of ketones is 1. The average Bonchev–Trinajstić information content (AvgIpc) is 3.47. The maximum atomic E-state index is 12.0. The molecule has 1 heterocycles. The number of hydrogen-bond donors (Lipinski definition) is 3. The lowest BCUT2D eigenvalue weighted by Gasteiger charge is -2.13. The number of rotatable bonds is 11. The Morgan fingerprint density at radius 2 is 1.28 bits per heavy atom. The molecule has 0 saturated heterocycles. The van der Waals surface area contributed by atoms with Crippen LogP contribution in [-0.4, -0.2) is 72.6 Å². The molecule has 3 rings (SSSR count). The molecule has 0 atom stereocenters. The van der Waals surface area contributed by atoms with Crippen LogP contribution in [0.25, 0.3) is 0 Å². The molecular weight excluding hydrogens is 566 g/mol. The smallest absolute Gasteiger partial charge is 0.313 e. The van der Waals surface area contributed by atoms with Crippen LogP contribution in [0.5, 0.6) is 34.5 Å². The van der Waals surface area contributed by atoms with Crippen molar-refractivity contribution in [3.63, 3.8) is 0 Å². The third-order valence-electron chi connectivity index (χ3n) is 5.24. The summed E-state index contributed by atoms with van der Waals surface area (Å²) >= 11 is 0. The fourth-order valence-electron chi connectivity index (χ4n) is 3.46. The van der Waals surface area contributed by atoms with E-state index in [1.54, 1.807) is 39.3 Å². The Morgan fingerprint density at radius 3 is 1.60 bits per heavy atom. The van der Waals surface area contributed by atoms with Crippen molar-refractivity contribution in [1.29, 1.82) is 5.26 Å². The molecule has 0 unspecified atom stereocenters. The fraction of sp³-hybridized carbons (Fsp3) is 0.393. The molecule has 15 heteroatoms. The van der Waals surface area contributed by atoms with E-state index in [-0.39, 0.29) is 31.1 Å². The first-order chi connectivity index (χ1) is 20.7. The molecule has 1 aliphatic rings. The highest BCUT2D eigenvalue weighted by atomic mass is 16.5. The number of nitrogens with two attached hydrogens (primary N) is 2. The first-order valence-electron chi connectivity index (χ1n) is 12.5. The minimum absolute atomic E-state index is 0.126. The number of nitriles is 1. The monoisotopic (exact) mass is 605 g/mol. The van der Waals surface area contributed by atoms with Crippen molar-refractivity contribution in [2.75, 3.05) is 49.3 Å². The maximum Gasteiger partial charge on any atom is 0.313 e. The van der Waals surface area contributed by atoms with E-state index in [1.165, 1.54) is 47.5 Å². The summed E-state index contributed by atoms with van der Waals surface area (Å²) in [6.07, 6.45) is -0.0783. The fourth-order valence-corrected chi connectivity index (χ4v) is 3.46. The number of esters is 1. The van der Waals surface area contributed by atoms with Crippen molar-refractivity contribution in [2.45, 2.75) is 26.7 Å². The molecule has 43 heavy (non-hydrogen) atoms. The van der Waals surface area contributed by atoms with Gasteiger partial charge in [-0.1, -0.05) is 0 Å². The van der Waals surface area contributed by atoms with Gasteiger partial charge in [0.25, 0.3) is 0 Å². The molecule has 5 N–H and O–H groups in total. The lowest BCUT2D eigenvalue weighted by atomic mass is 10.1. The van der Waals surface area contributed by atoms with E-state index in [2.05, 4.69) is 22.2 Å². The molecule has 0 bridgehead atoms. The zero-order valence-electron chi connectivity index (χ0n) is 25.6. The lowest BCUT2D eigenvalue weighted by Crippen LogP contribution is -2.11. The largest absolute Gasteiger partial charge is 0.493 e. The van der Waals surface area contributed by atoms with Crippen LogP contribution in [0.3, 0.4) is 0 Å². The molecule has 2 aromatic rings. The highest BCUT2D eigenvalue weighted by molar-refractivity contribution is 6.14. The average molecular weight is 606 g/mol. The van der Waals surface area contributed by atoms with Crippen LogP contribution in [0, 0.1) is 11.3 Å². The summed E-state index contributed by atoms with van der Waals surface area (Å²) in [6, 6.07) is 8.28. The van der Waals surface area contributed by atoms with Gasteiger partial charge in [0.05, 0.1) is 67.5 Å². The van der Waals surface area contributed by atoms with Gasteiger partial charge in [0.2, 0.25) is 17.4 Å². The molecule has 0 saturated carbocycles. The first-order valence-corrected chi connectivity index (χ1v) is 12.5. The topological polar surface area (TPSA) is 216 Å².